The lowest BCUT2D eigenvalue weighted by molar-refractivity contribution is 0.128. The van der Waals surface area contributed by atoms with E-state index in [4.69, 9.17) is 9.84 Å². The van der Waals surface area contributed by atoms with Gasteiger partial charge in [-0.2, -0.15) is 0 Å². The number of hydrogen-bond donors (Lipinski definition) is 2. The van der Waals surface area contributed by atoms with Gasteiger partial charge in [-0.1, -0.05) is 6.07 Å². The van der Waals surface area contributed by atoms with Gasteiger partial charge in [-0.05, 0) is 19.1 Å². The number of rotatable bonds is 5. The smallest absolute Gasteiger partial charge is 0.126 e. The average molecular weight is 196 g/mol. The van der Waals surface area contributed by atoms with Crippen LogP contribution in [0.5, 0.6) is 0 Å². The summed E-state index contributed by atoms with van der Waals surface area (Å²) in [5.74, 6) is 0.764. The van der Waals surface area contributed by atoms with Crippen molar-refractivity contribution < 1.29 is 9.84 Å². The predicted molar refractivity (Wildman–Crippen MR) is 55.1 cm³/mol. The summed E-state index contributed by atoms with van der Waals surface area (Å²) in [5.41, 5.74) is 0.667. The Morgan fingerprint density at radius 1 is 1.57 bits per heavy atom. The van der Waals surface area contributed by atoms with E-state index in [2.05, 4.69) is 10.3 Å². The second kappa shape index (κ2) is 5.57. The highest BCUT2D eigenvalue weighted by Gasteiger charge is 2.00. The molecule has 0 fully saturated rings. The molecular weight excluding hydrogens is 180 g/mol. The van der Waals surface area contributed by atoms with E-state index in [1.807, 2.05) is 19.1 Å². The van der Waals surface area contributed by atoms with Crippen LogP contribution in [0.1, 0.15) is 12.6 Å². The molecule has 1 heterocycles. The number of aliphatic hydroxyl groups excluding tert-OH is 1. The molecule has 1 unspecified atom stereocenters. The molecule has 1 aromatic rings. The van der Waals surface area contributed by atoms with Crippen LogP contribution in [0.2, 0.25) is 0 Å². The number of methoxy groups -OCH3 is 1. The normalized spacial score (nSPS) is 12.5. The van der Waals surface area contributed by atoms with Gasteiger partial charge in [0.05, 0.1) is 18.4 Å². The molecule has 1 atom stereocenters. The van der Waals surface area contributed by atoms with Crippen molar-refractivity contribution in [1.29, 1.82) is 0 Å². The Morgan fingerprint density at radius 3 is 3.00 bits per heavy atom. The minimum Gasteiger partial charge on any atom is -0.390 e. The highest BCUT2D eigenvalue weighted by molar-refractivity contribution is 5.35. The van der Waals surface area contributed by atoms with Gasteiger partial charge in [-0.25, -0.2) is 4.98 Å². The molecule has 0 aliphatic heterocycles. The Hall–Kier alpha value is -1.13. The Labute approximate surface area is 83.9 Å². The van der Waals surface area contributed by atoms with Crippen LogP contribution in [0.15, 0.2) is 18.2 Å². The molecule has 0 saturated heterocycles. The van der Waals surface area contributed by atoms with Gasteiger partial charge in [-0.3, -0.25) is 0 Å². The summed E-state index contributed by atoms with van der Waals surface area (Å²) >= 11 is 0. The molecule has 0 radical (unpaired) electrons. The number of nitrogens with zero attached hydrogens (tertiary/aromatic N) is 1. The molecule has 0 aromatic carbocycles. The lowest BCUT2D eigenvalue weighted by Gasteiger charge is -2.11. The van der Waals surface area contributed by atoms with Crippen molar-refractivity contribution >= 4 is 5.82 Å². The Kier molecular flexibility index (Phi) is 4.35. The molecule has 0 spiro atoms. The fourth-order valence-electron chi connectivity index (χ4n) is 0.998. The van der Waals surface area contributed by atoms with E-state index in [0.29, 0.717) is 12.2 Å². The molecule has 4 heteroatoms. The van der Waals surface area contributed by atoms with Crippen LogP contribution < -0.4 is 5.32 Å². The van der Waals surface area contributed by atoms with Crippen molar-refractivity contribution in [2.75, 3.05) is 19.0 Å². The van der Waals surface area contributed by atoms with E-state index in [0.717, 1.165) is 5.82 Å². The summed E-state index contributed by atoms with van der Waals surface area (Å²) in [6.45, 7) is 2.65. The number of ether oxygens (including phenoxy) is 1. The van der Waals surface area contributed by atoms with Gasteiger partial charge in [-0.15, -0.1) is 0 Å². The molecule has 0 aliphatic carbocycles. The fourth-order valence-corrected chi connectivity index (χ4v) is 0.998. The number of hydrogen-bond acceptors (Lipinski definition) is 4. The summed E-state index contributed by atoms with van der Waals surface area (Å²) in [5, 5.41) is 12.0. The lowest BCUT2D eigenvalue weighted by atomic mass is 10.3. The number of aliphatic hydroxyl groups is 1. The van der Waals surface area contributed by atoms with Gasteiger partial charge in [0.1, 0.15) is 5.82 Å². The molecule has 4 nitrogen and oxygen atoms in total. The number of aromatic nitrogens is 1. The van der Waals surface area contributed by atoms with Gasteiger partial charge >= 0.3 is 0 Å². The van der Waals surface area contributed by atoms with E-state index in [1.54, 1.807) is 13.2 Å². The first kappa shape index (κ1) is 10.9. The zero-order valence-electron chi connectivity index (χ0n) is 8.53. The number of nitrogens with one attached hydrogen (secondary N) is 1. The zero-order valence-corrected chi connectivity index (χ0v) is 8.53. The second-order valence-electron chi connectivity index (χ2n) is 3.10. The summed E-state index contributed by atoms with van der Waals surface area (Å²) in [6.07, 6.45) is 0.148. The molecular formula is C10H16N2O2. The van der Waals surface area contributed by atoms with Crippen LogP contribution in [-0.4, -0.2) is 29.8 Å². The first-order valence-corrected chi connectivity index (χ1v) is 4.59. The van der Waals surface area contributed by atoms with Crippen LogP contribution in [-0.2, 0) is 11.3 Å². The monoisotopic (exact) mass is 196 g/mol. The average Bonchev–Trinajstić information content (AvgIpc) is 2.26. The molecule has 0 bridgehead atoms. The van der Waals surface area contributed by atoms with Crippen molar-refractivity contribution in [3.63, 3.8) is 0 Å². The summed E-state index contributed by atoms with van der Waals surface area (Å²) < 4.78 is 5.09. The van der Waals surface area contributed by atoms with Crippen LogP contribution in [0.3, 0.4) is 0 Å². The third-order valence-corrected chi connectivity index (χ3v) is 1.94. The fraction of sp³-hybridized carbons (Fsp3) is 0.500. The molecule has 0 aliphatic rings. The Balaban J connectivity index is 2.50. The standard InChI is InChI=1S/C10H16N2O2/c1-8(14-2)6-11-10-5-3-4-9(7-13)12-10/h3-5,8,13H,6-7H2,1-2H3,(H,11,12). The highest BCUT2D eigenvalue weighted by Crippen LogP contribution is 2.04. The van der Waals surface area contributed by atoms with E-state index in [9.17, 15) is 0 Å². The Morgan fingerprint density at radius 2 is 2.36 bits per heavy atom. The number of pyridine rings is 1. The SMILES string of the molecule is COC(C)CNc1cccc(CO)n1. The van der Waals surface area contributed by atoms with Crippen LogP contribution in [0.4, 0.5) is 5.82 Å². The first-order chi connectivity index (χ1) is 6.76. The van der Waals surface area contributed by atoms with Crippen molar-refractivity contribution in [2.24, 2.45) is 0 Å². The van der Waals surface area contributed by atoms with Gasteiger partial charge in [0.25, 0.3) is 0 Å². The maximum absolute atomic E-state index is 8.87. The highest BCUT2D eigenvalue weighted by atomic mass is 16.5. The third kappa shape index (κ3) is 3.32. The summed E-state index contributed by atoms with van der Waals surface area (Å²) in [4.78, 5) is 4.18. The van der Waals surface area contributed by atoms with Gasteiger partial charge in [0, 0.05) is 13.7 Å². The van der Waals surface area contributed by atoms with Gasteiger partial charge < -0.3 is 15.2 Å². The zero-order chi connectivity index (χ0) is 10.4. The summed E-state index contributed by atoms with van der Waals surface area (Å²) in [6, 6.07) is 5.50. The molecule has 1 aromatic heterocycles. The lowest BCUT2D eigenvalue weighted by Crippen LogP contribution is -2.18. The largest absolute Gasteiger partial charge is 0.390 e. The number of anilines is 1. The minimum absolute atomic E-state index is 0.0324. The molecule has 0 saturated carbocycles. The van der Waals surface area contributed by atoms with Crippen LogP contribution >= 0.6 is 0 Å². The molecule has 14 heavy (non-hydrogen) atoms. The quantitative estimate of drug-likeness (QED) is 0.738. The van der Waals surface area contributed by atoms with Crippen molar-refractivity contribution in [3.05, 3.63) is 23.9 Å². The first-order valence-electron chi connectivity index (χ1n) is 4.59. The summed E-state index contributed by atoms with van der Waals surface area (Å²) in [7, 11) is 1.67. The molecule has 0 amide bonds. The van der Waals surface area contributed by atoms with Crippen molar-refractivity contribution in [1.82, 2.24) is 4.98 Å². The van der Waals surface area contributed by atoms with Crippen LogP contribution in [0, 0.1) is 0 Å². The van der Waals surface area contributed by atoms with E-state index in [1.165, 1.54) is 0 Å². The minimum atomic E-state index is -0.0324. The van der Waals surface area contributed by atoms with Crippen LogP contribution in [0.25, 0.3) is 0 Å². The topological polar surface area (TPSA) is 54.4 Å². The molecule has 2 N–H and O–H groups in total. The van der Waals surface area contributed by atoms with E-state index < -0.39 is 0 Å². The second-order valence-corrected chi connectivity index (χ2v) is 3.10. The van der Waals surface area contributed by atoms with Gasteiger partial charge in [0.15, 0.2) is 0 Å². The molecule has 78 valence electrons. The van der Waals surface area contributed by atoms with E-state index in [-0.39, 0.29) is 12.7 Å². The predicted octanol–water partition coefficient (Wildman–Crippen LogP) is 1.02. The maximum Gasteiger partial charge on any atom is 0.126 e. The Bertz CT molecular complexity index is 279. The van der Waals surface area contributed by atoms with Gasteiger partial charge in [0.2, 0.25) is 0 Å². The van der Waals surface area contributed by atoms with E-state index >= 15 is 0 Å². The maximum atomic E-state index is 8.87. The third-order valence-electron chi connectivity index (χ3n) is 1.94. The van der Waals surface area contributed by atoms with Crippen molar-refractivity contribution in [3.8, 4) is 0 Å². The molecule has 1 rings (SSSR count). The van der Waals surface area contributed by atoms with Crippen molar-refractivity contribution in [2.45, 2.75) is 19.6 Å².